The standard InChI is InChI=1S/C10H15N5/c1-8(7-11)3-4-9-13-14-10-12-5-2-6-15(9)10/h2,5-6,8H,3-4,7,11H2,1H3. The molecule has 0 aromatic carbocycles. The van der Waals surface area contributed by atoms with Crippen molar-refractivity contribution in [1.82, 2.24) is 19.6 Å². The van der Waals surface area contributed by atoms with Gasteiger partial charge in [-0.05, 0) is 24.9 Å². The zero-order valence-electron chi connectivity index (χ0n) is 8.80. The highest BCUT2D eigenvalue weighted by molar-refractivity contribution is 5.26. The first kappa shape index (κ1) is 10.0. The molecule has 0 fully saturated rings. The molecule has 5 heteroatoms. The van der Waals surface area contributed by atoms with Crippen LogP contribution >= 0.6 is 0 Å². The van der Waals surface area contributed by atoms with Crippen molar-refractivity contribution in [1.29, 1.82) is 0 Å². The quantitative estimate of drug-likeness (QED) is 0.795. The third kappa shape index (κ3) is 2.12. The summed E-state index contributed by atoms with van der Waals surface area (Å²) in [6, 6.07) is 1.88. The van der Waals surface area contributed by atoms with Crippen LogP contribution in [-0.2, 0) is 6.42 Å². The zero-order chi connectivity index (χ0) is 10.7. The summed E-state index contributed by atoms with van der Waals surface area (Å²) in [5.74, 6) is 2.14. The third-order valence-corrected chi connectivity index (χ3v) is 2.52. The lowest BCUT2D eigenvalue weighted by Gasteiger charge is -2.05. The molecular formula is C10H15N5. The summed E-state index contributed by atoms with van der Waals surface area (Å²) in [5.41, 5.74) is 5.57. The lowest BCUT2D eigenvalue weighted by molar-refractivity contribution is 0.534. The minimum Gasteiger partial charge on any atom is -0.330 e. The number of nitrogens with two attached hydrogens (primary N) is 1. The van der Waals surface area contributed by atoms with Gasteiger partial charge in [0.15, 0.2) is 0 Å². The minimum atomic E-state index is 0.522. The zero-order valence-corrected chi connectivity index (χ0v) is 8.80. The molecule has 1 atom stereocenters. The van der Waals surface area contributed by atoms with Gasteiger partial charge in [-0.1, -0.05) is 6.92 Å². The number of aromatic nitrogens is 4. The van der Waals surface area contributed by atoms with Crippen LogP contribution in [-0.4, -0.2) is 26.1 Å². The van der Waals surface area contributed by atoms with Gasteiger partial charge in [0.2, 0.25) is 0 Å². The van der Waals surface area contributed by atoms with Crippen LogP contribution in [0.15, 0.2) is 18.5 Å². The molecule has 2 aromatic rings. The molecule has 80 valence electrons. The van der Waals surface area contributed by atoms with Gasteiger partial charge >= 0.3 is 0 Å². The molecule has 0 saturated carbocycles. The fraction of sp³-hybridized carbons (Fsp3) is 0.500. The Morgan fingerprint density at radius 2 is 2.33 bits per heavy atom. The number of nitrogens with zero attached hydrogens (tertiary/aromatic N) is 4. The van der Waals surface area contributed by atoms with Gasteiger partial charge in [0, 0.05) is 18.8 Å². The first-order chi connectivity index (χ1) is 7.31. The maximum Gasteiger partial charge on any atom is 0.254 e. The normalized spacial score (nSPS) is 13.2. The predicted molar refractivity (Wildman–Crippen MR) is 57.3 cm³/mol. The maximum absolute atomic E-state index is 5.57. The molecule has 0 aliphatic rings. The molecule has 2 rings (SSSR count). The van der Waals surface area contributed by atoms with Crippen molar-refractivity contribution in [2.24, 2.45) is 11.7 Å². The van der Waals surface area contributed by atoms with E-state index in [4.69, 9.17) is 5.73 Å². The second-order valence-corrected chi connectivity index (χ2v) is 3.79. The Morgan fingerprint density at radius 3 is 3.13 bits per heavy atom. The van der Waals surface area contributed by atoms with E-state index in [1.807, 2.05) is 16.7 Å². The lowest BCUT2D eigenvalue weighted by Crippen LogP contribution is -2.12. The molecule has 2 N–H and O–H groups in total. The van der Waals surface area contributed by atoms with Gasteiger partial charge in [-0.15, -0.1) is 10.2 Å². The summed E-state index contributed by atoms with van der Waals surface area (Å²) < 4.78 is 1.92. The molecule has 2 aromatic heterocycles. The summed E-state index contributed by atoms with van der Waals surface area (Å²) in [4.78, 5) is 4.11. The van der Waals surface area contributed by atoms with Crippen LogP contribution in [0.5, 0.6) is 0 Å². The molecule has 15 heavy (non-hydrogen) atoms. The van der Waals surface area contributed by atoms with Crippen molar-refractivity contribution in [3.05, 3.63) is 24.3 Å². The van der Waals surface area contributed by atoms with E-state index < -0.39 is 0 Å². The van der Waals surface area contributed by atoms with E-state index in [1.165, 1.54) is 0 Å². The Bertz CT molecular complexity index is 436. The Hall–Kier alpha value is -1.49. The van der Waals surface area contributed by atoms with Crippen molar-refractivity contribution < 1.29 is 0 Å². The minimum absolute atomic E-state index is 0.522. The summed E-state index contributed by atoms with van der Waals surface area (Å²) >= 11 is 0. The van der Waals surface area contributed by atoms with Crippen LogP contribution in [0, 0.1) is 5.92 Å². The molecule has 0 aliphatic heterocycles. The van der Waals surface area contributed by atoms with Crippen molar-refractivity contribution in [3.63, 3.8) is 0 Å². The van der Waals surface area contributed by atoms with Gasteiger partial charge in [0.25, 0.3) is 5.78 Å². The van der Waals surface area contributed by atoms with Gasteiger partial charge in [-0.3, -0.25) is 4.40 Å². The molecule has 0 saturated heterocycles. The molecule has 0 amide bonds. The van der Waals surface area contributed by atoms with Crippen molar-refractivity contribution in [3.8, 4) is 0 Å². The fourth-order valence-electron chi connectivity index (χ4n) is 1.45. The van der Waals surface area contributed by atoms with Crippen molar-refractivity contribution >= 4 is 5.78 Å². The number of fused-ring (bicyclic) bond motifs is 1. The number of aryl methyl sites for hydroxylation is 1. The van der Waals surface area contributed by atoms with E-state index in [-0.39, 0.29) is 0 Å². The molecule has 2 heterocycles. The van der Waals surface area contributed by atoms with E-state index in [0.717, 1.165) is 25.2 Å². The average molecular weight is 205 g/mol. The molecule has 0 aliphatic carbocycles. The highest BCUT2D eigenvalue weighted by Crippen LogP contribution is 2.07. The SMILES string of the molecule is CC(CN)CCc1nnc2ncccn12. The second-order valence-electron chi connectivity index (χ2n) is 3.79. The summed E-state index contributed by atoms with van der Waals surface area (Å²) in [6.45, 7) is 2.86. The third-order valence-electron chi connectivity index (χ3n) is 2.52. The topological polar surface area (TPSA) is 69.1 Å². The molecule has 1 unspecified atom stereocenters. The van der Waals surface area contributed by atoms with Crippen LogP contribution in [0.2, 0.25) is 0 Å². The van der Waals surface area contributed by atoms with E-state index in [9.17, 15) is 0 Å². The highest BCUT2D eigenvalue weighted by Gasteiger charge is 2.07. The smallest absolute Gasteiger partial charge is 0.254 e. The lowest BCUT2D eigenvalue weighted by atomic mass is 10.1. The van der Waals surface area contributed by atoms with Gasteiger partial charge < -0.3 is 5.73 Å². The molecule has 0 bridgehead atoms. The summed E-state index contributed by atoms with van der Waals surface area (Å²) in [6.07, 6.45) is 5.58. The summed E-state index contributed by atoms with van der Waals surface area (Å²) in [7, 11) is 0. The Kier molecular flexibility index (Phi) is 2.91. The van der Waals surface area contributed by atoms with Crippen molar-refractivity contribution in [2.75, 3.05) is 6.54 Å². The number of rotatable bonds is 4. The van der Waals surface area contributed by atoms with E-state index in [1.54, 1.807) is 6.20 Å². The first-order valence-corrected chi connectivity index (χ1v) is 5.16. The molecule has 5 nitrogen and oxygen atoms in total. The van der Waals surface area contributed by atoms with Crippen LogP contribution in [0.1, 0.15) is 19.2 Å². The first-order valence-electron chi connectivity index (χ1n) is 5.16. The number of hydrogen-bond donors (Lipinski definition) is 1. The highest BCUT2D eigenvalue weighted by atomic mass is 15.3. The second kappa shape index (κ2) is 4.35. The Morgan fingerprint density at radius 1 is 1.47 bits per heavy atom. The molecule has 0 spiro atoms. The van der Waals surface area contributed by atoms with Gasteiger partial charge in [0.05, 0.1) is 0 Å². The molecule has 0 radical (unpaired) electrons. The summed E-state index contributed by atoms with van der Waals surface area (Å²) in [5, 5.41) is 8.10. The monoisotopic (exact) mass is 205 g/mol. The van der Waals surface area contributed by atoms with Crippen molar-refractivity contribution in [2.45, 2.75) is 19.8 Å². The van der Waals surface area contributed by atoms with Crippen LogP contribution in [0.4, 0.5) is 0 Å². The van der Waals surface area contributed by atoms with Gasteiger partial charge in [-0.2, -0.15) is 0 Å². The van der Waals surface area contributed by atoms with Crippen LogP contribution in [0.3, 0.4) is 0 Å². The van der Waals surface area contributed by atoms with E-state index in [2.05, 4.69) is 22.1 Å². The molecular weight excluding hydrogens is 190 g/mol. The predicted octanol–water partition coefficient (Wildman–Crippen LogP) is 0.652. The van der Waals surface area contributed by atoms with E-state index >= 15 is 0 Å². The van der Waals surface area contributed by atoms with Gasteiger partial charge in [-0.25, -0.2) is 4.98 Å². The Labute approximate surface area is 88.3 Å². The number of hydrogen-bond acceptors (Lipinski definition) is 4. The average Bonchev–Trinajstić information content (AvgIpc) is 2.69. The fourth-order valence-corrected chi connectivity index (χ4v) is 1.45. The maximum atomic E-state index is 5.57. The van der Waals surface area contributed by atoms with Crippen LogP contribution in [0.25, 0.3) is 5.78 Å². The van der Waals surface area contributed by atoms with E-state index in [0.29, 0.717) is 11.7 Å². The largest absolute Gasteiger partial charge is 0.330 e. The van der Waals surface area contributed by atoms with Crippen LogP contribution < -0.4 is 5.73 Å². The Balaban J connectivity index is 2.14. The van der Waals surface area contributed by atoms with Gasteiger partial charge in [0.1, 0.15) is 5.82 Å².